The molecule has 0 atom stereocenters. The highest BCUT2D eigenvalue weighted by molar-refractivity contribution is 6.73. The number of carbonyl (C=O) groups is 1. The van der Waals surface area contributed by atoms with Gasteiger partial charge in [-0.3, -0.25) is 0 Å². The number of hydrogen-bond acceptors (Lipinski definition) is 5. The Kier molecular flexibility index (Phi) is 7.21. The van der Waals surface area contributed by atoms with Crippen molar-refractivity contribution in [2.75, 3.05) is 0 Å². The summed E-state index contributed by atoms with van der Waals surface area (Å²) in [5.41, 5.74) is -1.70. The van der Waals surface area contributed by atoms with E-state index in [4.69, 9.17) is 78.8 Å². The van der Waals surface area contributed by atoms with Gasteiger partial charge in [0.05, 0.1) is 16.5 Å². The molecule has 0 aliphatic rings. The molecule has 0 amide bonds. The molecule has 1 heterocycles. The van der Waals surface area contributed by atoms with E-state index in [-0.39, 0.29) is 28.9 Å². The van der Waals surface area contributed by atoms with Gasteiger partial charge < -0.3 is 14.3 Å². The minimum absolute atomic E-state index is 0.0638. The molecular formula is C21H14Cl6O5. The molecule has 0 saturated carbocycles. The minimum Gasteiger partial charge on any atom is -0.507 e. The Morgan fingerprint density at radius 3 is 2.09 bits per heavy atom. The van der Waals surface area contributed by atoms with E-state index in [1.54, 1.807) is 36.4 Å². The average Bonchev–Trinajstić information content (AvgIpc) is 2.70. The molecule has 0 radical (unpaired) electrons. The molecule has 5 nitrogen and oxygen atoms in total. The van der Waals surface area contributed by atoms with Crippen LogP contribution in [0.3, 0.4) is 0 Å². The molecule has 0 saturated heterocycles. The molecule has 2 aromatic carbocycles. The zero-order chi connectivity index (χ0) is 23.9. The maximum absolute atomic E-state index is 12.6. The quantitative estimate of drug-likeness (QED) is 0.218. The molecule has 3 rings (SSSR count). The molecule has 32 heavy (non-hydrogen) atoms. The lowest BCUT2D eigenvalue weighted by Crippen LogP contribution is -2.54. The fourth-order valence-corrected chi connectivity index (χ4v) is 4.33. The van der Waals surface area contributed by atoms with Gasteiger partial charge in [0.15, 0.2) is 0 Å². The second-order valence-corrected chi connectivity index (χ2v) is 11.6. The Bertz CT molecular complexity index is 1190. The maximum atomic E-state index is 12.6. The van der Waals surface area contributed by atoms with Crippen molar-refractivity contribution in [1.82, 2.24) is 0 Å². The summed E-state index contributed by atoms with van der Waals surface area (Å²) in [5.74, 6) is -1.06. The second-order valence-electron chi connectivity index (χ2n) is 7.00. The molecule has 3 aromatic rings. The highest BCUT2D eigenvalue weighted by atomic mass is 35.6. The number of carbonyl (C=O) groups excluding carboxylic acids is 1. The molecule has 1 N–H and O–H groups in total. The number of benzene rings is 2. The molecule has 170 valence electrons. The molecule has 0 bridgehead atoms. The van der Waals surface area contributed by atoms with Gasteiger partial charge in [-0.15, -0.1) is 0 Å². The highest BCUT2D eigenvalue weighted by Crippen LogP contribution is 2.53. The minimum atomic E-state index is -2.24. The van der Waals surface area contributed by atoms with E-state index < -0.39 is 24.8 Å². The standard InChI is InChI=1S/C21H14Cl6O5/c1-19(20(22,23)24,21(25,26)27)32-17(29)12-8-6-11(7-9-12)10-14-16(28)13-4-2-3-5-15(13)31-18(14)30/h2-9,28H,10H2,1H3. The Morgan fingerprint density at radius 2 is 1.53 bits per heavy atom. The zero-order valence-electron chi connectivity index (χ0n) is 16.2. The van der Waals surface area contributed by atoms with Crippen molar-refractivity contribution in [3.63, 3.8) is 0 Å². The van der Waals surface area contributed by atoms with E-state index in [1.807, 2.05) is 0 Å². The molecule has 0 aliphatic heterocycles. The van der Waals surface area contributed by atoms with E-state index in [9.17, 15) is 14.7 Å². The third-order valence-corrected chi connectivity index (χ3v) is 6.99. The first kappa shape index (κ1) is 25.3. The van der Waals surface area contributed by atoms with Gasteiger partial charge in [-0.05, 0) is 36.8 Å². The van der Waals surface area contributed by atoms with Crippen molar-refractivity contribution in [1.29, 1.82) is 0 Å². The SMILES string of the molecule is CC(OC(=O)c1ccc(Cc2c(O)c3ccccc3oc2=O)cc1)(C(Cl)(Cl)Cl)C(Cl)(Cl)Cl. The summed E-state index contributed by atoms with van der Waals surface area (Å²) < 4.78 is 6.04. The molecular weight excluding hydrogens is 545 g/mol. The van der Waals surface area contributed by atoms with Crippen LogP contribution in [0.15, 0.2) is 57.7 Å². The number of hydrogen-bond donors (Lipinski definition) is 1. The Labute approximate surface area is 212 Å². The lowest BCUT2D eigenvalue weighted by atomic mass is 10.0. The number of esters is 1. The lowest BCUT2D eigenvalue weighted by molar-refractivity contribution is -0.00615. The largest absolute Gasteiger partial charge is 0.507 e. The number of halogens is 6. The Hall–Kier alpha value is -1.34. The van der Waals surface area contributed by atoms with E-state index in [0.717, 1.165) is 0 Å². The van der Waals surface area contributed by atoms with Gasteiger partial charge in [0.1, 0.15) is 11.3 Å². The highest BCUT2D eigenvalue weighted by Gasteiger charge is 2.61. The van der Waals surface area contributed by atoms with Crippen LogP contribution in [-0.4, -0.2) is 24.3 Å². The summed E-state index contributed by atoms with van der Waals surface area (Å²) in [5, 5.41) is 10.9. The fourth-order valence-electron chi connectivity index (χ4n) is 2.81. The predicted octanol–water partition coefficient (Wildman–Crippen LogP) is 6.75. The number of rotatable bonds is 4. The first-order valence-corrected chi connectivity index (χ1v) is 11.2. The van der Waals surface area contributed by atoms with Crippen LogP contribution in [0, 0.1) is 0 Å². The molecule has 11 heteroatoms. The van der Waals surface area contributed by atoms with Crippen LogP contribution >= 0.6 is 69.6 Å². The molecule has 0 aliphatic carbocycles. The second kappa shape index (κ2) is 9.13. The van der Waals surface area contributed by atoms with Gasteiger partial charge in [0.25, 0.3) is 0 Å². The van der Waals surface area contributed by atoms with Crippen LogP contribution in [0.1, 0.15) is 28.4 Å². The van der Waals surface area contributed by atoms with E-state index >= 15 is 0 Å². The van der Waals surface area contributed by atoms with Gasteiger partial charge in [0, 0.05) is 6.42 Å². The monoisotopic (exact) mass is 556 g/mol. The van der Waals surface area contributed by atoms with Crippen LogP contribution in [0.5, 0.6) is 5.75 Å². The fraction of sp³-hybridized carbons (Fsp3) is 0.238. The van der Waals surface area contributed by atoms with E-state index in [1.165, 1.54) is 19.1 Å². The third kappa shape index (κ3) is 4.93. The average molecular weight is 559 g/mol. The summed E-state index contributed by atoms with van der Waals surface area (Å²) >= 11 is 35.3. The Morgan fingerprint density at radius 1 is 0.969 bits per heavy atom. The van der Waals surface area contributed by atoms with Crippen LogP contribution in [-0.2, 0) is 11.2 Å². The number of alkyl halides is 6. The summed E-state index contributed by atoms with van der Waals surface area (Å²) in [6.45, 7) is 1.18. The summed E-state index contributed by atoms with van der Waals surface area (Å²) in [7, 11) is 0. The number of para-hydroxylation sites is 1. The van der Waals surface area contributed by atoms with Crippen molar-refractivity contribution in [3.05, 3.63) is 75.6 Å². The molecule has 1 aromatic heterocycles. The lowest BCUT2D eigenvalue weighted by Gasteiger charge is -2.40. The molecule has 0 fully saturated rings. The summed E-state index contributed by atoms with van der Waals surface area (Å²) in [6, 6.07) is 12.6. The molecule has 0 spiro atoms. The van der Waals surface area contributed by atoms with Crippen molar-refractivity contribution in [2.45, 2.75) is 26.5 Å². The number of fused-ring (bicyclic) bond motifs is 1. The van der Waals surface area contributed by atoms with Crippen LogP contribution in [0.2, 0.25) is 0 Å². The van der Waals surface area contributed by atoms with Gasteiger partial charge in [-0.1, -0.05) is 93.9 Å². The normalized spacial score (nSPS) is 12.7. The van der Waals surface area contributed by atoms with Crippen molar-refractivity contribution in [2.24, 2.45) is 0 Å². The summed E-state index contributed by atoms with van der Waals surface area (Å²) in [6.07, 6.45) is 0.0638. The smallest absolute Gasteiger partial charge is 0.343 e. The van der Waals surface area contributed by atoms with Crippen molar-refractivity contribution >= 4 is 86.5 Å². The van der Waals surface area contributed by atoms with Gasteiger partial charge in [-0.25, -0.2) is 9.59 Å². The first-order chi connectivity index (χ1) is 14.7. The van der Waals surface area contributed by atoms with Crippen LogP contribution in [0.4, 0.5) is 0 Å². The number of aromatic hydroxyl groups is 1. The van der Waals surface area contributed by atoms with Crippen molar-refractivity contribution < 1.29 is 19.1 Å². The third-order valence-electron chi connectivity index (χ3n) is 4.83. The van der Waals surface area contributed by atoms with Crippen LogP contribution < -0.4 is 5.63 Å². The van der Waals surface area contributed by atoms with Gasteiger partial charge >= 0.3 is 11.6 Å². The topological polar surface area (TPSA) is 76.7 Å². The Balaban J connectivity index is 1.85. The van der Waals surface area contributed by atoms with E-state index in [2.05, 4.69) is 0 Å². The van der Waals surface area contributed by atoms with E-state index in [0.29, 0.717) is 10.9 Å². The zero-order valence-corrected chi connectivity index (χ0v) is 20.7. The summed E-state index contributed by atoms with van der Waals surface area (Å²) in [4.78, 5) is 24.9. The maximum Gasteiger partial charge on any atom is 0.343 e. The predicted molar refractivity (Wildman–Crippen MR) is 128 cm³/mol. The van der Waals surface area contributed by atoms with Gasteiger partial charge in [-0.2, -0.15) is 0 Å². The van der Waals surface area contributed by atoms with Crippen LogP contribution in [0.25, 0.3) is 11.0 Å². The van der Waals surface area contributed by atoms with Crippen molar-refractivity contribution in [3.8, 4) is 5.75 Å². The molecule has 0 unspecified atom stereocenters. The van der Waals surface area contributed by atoms with Gasteiger partial charge in [0.2, 0.25) is 13.2 Å². The number of ether oxygens (including phenoxy) is 1. The first-order valence-electron chi connectivity index (χ1n) is 8.94.